The Morgan fingerprint density at radius 1 is 1.50 bits per heavy atom. The fraction of sp³-hybridized carbons (Fsp3) is 0.733. The van der Waals surface area contributed by atoms with Crippen molar-refractivity contribution in [3.8, 4) is 0 Å². The van der Waals surface area contributed by atoms with Crippen molar-refractivity contribution in [2.45, 2.75) is 39.2 Å². The molecule has 0 N–H and O–H groups in total. The zero-order valence-corrected chi connectivity index (χ0v) is 14.2. The predicted molar refractivity (Wildman–Crippen MR) is 83.9 cm³/mol. The van der Waals surface area contributed by atoms with Crippen molar-refractivity contribution in [2.24, 2.45) is 11.8 Å². The quantitative estimate of drug-likeness (QED) is 0.771. The molecule has 1 aliphatic rings. The molecule has 2 atom stereocenters. The highest BCUT2D eigenvalue weighted by molar-refractivity contribution is 9.10. The highest BCUT2D eigenvalue weighted by atomic mass is 79.9. The van der Waals surface area contributed by atoms with Gasteiger partial charge in [0.25, 0.3) is 0 Å². The second kappa shape index (κ2) is 6.85. The minimum absolute atomic E-state index is 0.171. The standard InChI is InChI=1S/C15H24BrN3O/c1-11-5-4-6-12(9-11)15(20)14-13(16)10-17-19(14)8-7-18(2)3/h10-12H,4-9H2,1-3H3. The average molecular weight is 342 g/mol. The zero-order valence-electron chi connectivity index (χ0n) is 12.6. The number of Topliss-reactive ketones (excluding diaryl/α,β-unsaturated/α-hetero) is 1. The second-order valence-electron chi connectivity index (χ2n) is 6.20. The zero-order chi connectivity index (χ0) is 14.7. The predicted octanol–water partition coefficient (Wildman–Crippen LogP) is 3.22. The van der Waals surface area contributed by atoms with Crippen molar-refractivity contribution in [1.29, 1.82) is 0 Å². The molecule has 1 heterocycles. The van der Waals surface area contributed by atoms with E-state index in [0.717, 1.165) is 36.1 Å². The lowest BCUT2D eigenvalue weighted by Crippen LogP contribution is -2.26. The normalized spacial score (nSPS) is 23.2. The van der Waals surface area contributed by atoms with Gasteiger partial charge in [0.1, 0.15) is 5.69 Å². The Kier molecular flexibility index (Phi) is 5.38. The van der Waals surface area contributed by atoms with Crippen LogP contribution in [0.15, 0.2) is 10.7 Å². The minimum Gasteiger partial charge on any atom is -0.308 e. The summed E-state index contributed by atoms with van der Waals surface area (Å²) in [6.45, 7) is 3.88. The number of hydrogen-bond donors (Lipinski definition) is 0. The van der Waals surface area contributed by atoms with Gasteiger partial charge >= 0.3 is 0 Å². The number of likely N-dealkylation sites (N-methyl/N-ethyl adjacent to an activating group) is 1. The molecule has 112 valence electrons. The molecule has 1 aromatic rings. The first-order valence-electron chi connectivity index (χ1n) is 7.39. The van der Waals surface area contributed by atoms with Crippen molar-refractivity contribution in [3.05, 3.63) is 16.4 Å². The van der Waals surface area contributed by atoms with E-state index in [0.29, 0.717) is 5.92 Å². The van der Waals surface area contributed by atoms with Gasteiger partial charge in [-0.25, -0.2) is 0 Å². The SMILES string of the molecule is CC1CCCC(C(=O)c2c(Br)cnn2CCN(C)C)C1. The van der Waals surface area contributed by atoms with E-state index in [1.165, 1.54) is 12.8 Å². The summed E-state index contributed by atoms with van der Waals surface area (Å²) in [7, 11) is 4.06. The van der Waals surface area contributed by atoms with Crippen LogP contribution in [0, 0.1) is 11.8 Å². The molecule has 1 aromatic heterocycles. The van der Waals surface area contributed by atoms with E-state index in [-0.39, 0.29) is 11.7 Å². The van der Waals surface area contributed by atoms with Crippen molar-refractivity contribution >= 4 is 21.7 Å². The van der Waals surface area contributed by atoms with Crippen molar-refractivity contribution < 1.29 is 4.79 Å². The van der Waals surface area contributed by atoms with Gasteiger partial charge < -0.3 is 4.90 Å². The first-order chi connectivity index (χ1) is 9.49. The Hall–Kier alpha value is -0.680. The highest BCUT2D eigenvalue weighted by Crippen LogP contribution is 2.32. The van der Waals surface area contributed by atoms with E-state index in [2.05, 4.69) is 32.9 Å². The fourth-order valence-corrected chi connectivity index (χ4v) is 3.43. The summed E-state index contributed by atoms with van der Waals surface area (Å²) < 4.78 is 2.69. The maximum atomic E-state index is 12.8. The van der Waals surface area contributed by atoms with E-state index in [9.17, 15) is 4.79 Å². The van der Waals surface area contributed by atoms with E-state index < -0.39 is 0 Å². The van der Waals surface area contributed by atoms with E-state index >= 15 is 0 Å². The Bertz CT molecular complexity index is 470. The lowest BCUT2D eigenvalue weighted by molar-refractivity contribution is 0.0855. The summed E-state index contributed by atoms with van der Waals surface area (Å²) >= 11 is 3.49. The fourth-order valence-electron chi connectivity index (χ4n) is 2.94. The maximum Gasteiger partial charge on any atom is 0.185 e. The van der Waals surface area contributed by atoms with Gasteiger partial charge in [-0.2, -0.15) is 5.10 Å². The molecule has 5 heteroatoms. The molecular formula is C15H24BrN3O. The largest absolute Gasteiger partial charge is 0.308 e. The number of nitrogens with zero attached hydrogens (tertiary/aromatic N) is 3. The Balaban J connectivity index is 2.14. The summed E-state index contributed by atoms with van der Waals surface area (Å²) in [5, 5.41) is 4.34. The Labute approximate surface area is 129 Å². The highest BCUT2D eigenvalue weighted by Gasteiger charge is 2.29. The molecule has 0 bridgehead atoms. The number of rotatable bonds is 5. The van der Waals surface area contributed by atoms with Crippen LogP contribution < -0.4 is 0 Å². The second-order valence-corrected chi connectivity index (χ2v) is 7.05. The number of hydrogen-bond acceptors (Lipinski definition) is 3. The first kappa shape index (κ1) is 15.7. The summed E-state index contributed by atoms with van der Waals surface area (Å²) in [5.41, 5.74) is 0.756. The molecule has 1 fully saturated rings. The topological polar surface area (TPSA) is 38.1 Å². The van der Waals surface area contributed by atoms with Gasteiger partial charge in [0.05, 0.1) is 17.2 Å². The molecule has 4 nitrogen and oxygen atoms in total. The van der Waals surface area contributed by atoms with Gasteiger partial charge in [-0.05, 0) is 48.8 Å². The van der Waals surface area contributed by atoms with E-state index in [1.54, 1.807) is 6.20 Å². The number of carbonyl (C=O) groups is 1. The molecule has 0 aromatic carbocycles. The van der Waals surface area contributed by atoms with Crippen LogP contribution in [-0.4, -0.2) is 41.1 Å². The summed E-state index contributed by atoms with van der Waals surface area (Å²) in [6, 6.07) is 0. The van der Waals surface area contributed by atoms with Crippen LogP contribution in [0.1, 0.15) is 43.1 Å². The molecule has 2 rings (SSSR count). The summed E-state index contributed by atoms with van der Waals surface area (Å²) in [5.74, 6) is 1.10. The monoisotopic (exact) mass is 341 g/mol. The Morgan fingerprint density at radius 2 is 2.25 bits per heavy atom. The van der Waals surface area contributed by atoms with Gasteiger partial charge in [-0.1, -0.05) is 19.8 Å². The molecule has 20 heavy (non-hydrogen) atoms. The third-order valence-electron chi connectivity index (χ3n) is 4.09. The molecule has 1 aliphatic carbocycles. The van der Waals surface area contributed by atoms with Crippen molar-refractivity contribution in [2.75, 3.05) is 20.6 Å². The smallest absolute Gasteiger partial charge is 0.185 e. The summed E-state index contributed by atoms with van der Waals surface area (Å²) in [4.78, 5) is 14.9. The molecule has 1 saturated carbocycles. The van der Waals surface area contributed by atoms with Gasteiger partial charge in [-0.15, -0.1) is 0 Å². The van der Waals surface area contributed by atoms with E-state index in [1.807, 2.05) is 18.8 Å². The van der Waals surface area contributed by atoms with Crippen LogP contribution in [-0.2, 0) is 6.54 Å². The molecule has 0 spiro atoms. The van der Waals surface area contributed by atoms with Crippen LogP contribution in [0.25, 0.3) is 0 Å². The molecule has 0 saturated heterocycles. The molecule has 0 amide bonds. The minimum atomic E-state index is 0.171. The van der Waals surface area contributed by atoms with Crippen LogP contribution in [0.2, 0.25) is 0 Å². The van der Waals surface area contributed by atoms with Crippen LogP contribution in [0.4, 0.5) is 0 Å². The van der Waals surface area contributed by atoms with Gasteiger partial charge in [0, 0.05) is 12.5 Å². The summed E-state index contributed by atoms with van der Waals surface area (Å²) in [6.07, 6.45) is 6.21. The first-order valence-corrected chi connectivity index (χ1v) is 8.18. The third-order valence-corrected chi connectivity index (χ3v) is 4.67. The van der Waals surface area contributed by atoms with Crippen LogP contribution in [0.3, 0.4) is 0 Å². The van der Waals surface area contributed by atoms with Crippen LogP contribution >= 0.6 is 15.9 Å². The molecular weight excluding hydrogens is 318 g/mol. The third kappa shape index (κ3) is 3.70. The van der Waals surface area contributed by atoms with Gasteiger partial charge in [0.2, 0.25) is 0 Å². The number of halogens is 1. The average Bonchev–Trinajstić information content (AvgIpc) is 2.76. The number of ketones is 1. The Morgan fingerprint density at radius 3 is 2.90 bits per heavy atom. The van der Waals surface area contributed by atoms with Gasteiger partial charge in [0.15, 0.2) is 5.78 Å². The molecule has 2 unspecified atom stereocenters. The van der Waals surface area contributed by atoms with Crippen LogP contribution in [0.5, 0.6) is 0 Å². The number of carbonyl (C=O) groups excluding carboxylic acids is 1. The number of aromatic nitrogens is 2. The maximum absolute atomic E-state index is 12.8. The van der Waals surface area contributed by atoms with Crippen molar-refractivity contribution in [3.63, 3.8) is 0 Å². The van der Waals surface area contributed by atoms with E-state index in [4.69, 9.17) is 0 Å². The molecule has 0 radical (unpaired) electrons. The lowest BCUT2D eigenvalue weighted by Gasteiger charge is -2.26. The van der Waals surface area contributed by atoms with Gasteiger partial charge in [-0.3, -0.25) is 9.48 Å². The van der Waals surface area contributed by atoms with Crippen molar-refractivity contribution in [1.82, 2.24) is 14.7 Å². The molecule has 0 aliphatic heterocycles. The lowest BCUT2D eigenvalue weighted by atomic mass is 9.79.